The van der Waals surface area contributed by atoms with Crippen LogP contribution in [0.25, 0.3) is 0 Å². The topological polar surface area (TPSA) is 101 Å². The average molecular weight is 294 g/mol. The van der Waals surface area contributed by atoms with Crippen LogP contribution in [-0.2, 0) is 22.9 Å². The molecule has 0 atom stereocenters. The smallest absolute Gasteiger partial charge is 0.278 e. The van der Waals surface area contributed by atoms with Gasteiger partial charge in [0.2, 0.25) is 0 Å². The van der Waals surface area contributed by atoms with Gasteiger partial charge in [-0.15, -0.1) is 0 Å². The van der Waals surface area contributed by atoms with Crippen LogP contribution in [0.3, 0.4) is 0 Å². The molecule has 0 amide bonds. The van der Waals surface area contributed by atoms with Gasteiger partial charge in [-0.1, -0.05) is 19.9 Å². The van der Waals surface area contributed by atoms with Crippen molar-refractivity contribution in [1.29, 1.82) is 0 Å². The number of rotatable bonds is 5. The Kier molecular flexibility index (Phi) is 3.99. The summed E-state index contributed by atoms with van der Waals surface area (Å²) in [6.45, 7) is 3.89. The first-order chi connectivity index (χ1) is 9.46. The van der Waals surface area contributed by atoms with Crippen LogP contribution in [0, 0.1) is 0 Å². The van der Waals surface area contributed by atoms with Gasteiger partial charge < -0.3 is 10.7 Å². The van der Waals surface area contributed by atoms with Crippen molar-refractivity contribution in [2.24, 2.45) is 0 Å². The number of nitrogens with zero attached hydrogens (tertiary/aromatic N) is 1. The summed E-state index contributed by atoms with van der Waals surface area (Å²) in [5, 5.41) is 0.0486. The number of hydrogen-bond acceptors (Lipinski definition) is 4. The van der Waals surface area contributed by atoms with Gasteiger partial charge in [0.15, 0.2) is 5.03 Å². The molecule has 0 bridgehead atoms. The summed E-state index contributed by atoms with van der Waals surface area (Å²) in [5.41, 5.74) is 7.86. The van der Waals surface area contributed by atoms with Crippen molar-refractivity contribution >= 4 is 21.4 Å². The quantitative estimate of drug-likeness (QED) is 0.733. The number of aryl methyl sites for hydroxylation is 2. The zero-order valence-corrected chi connectivity index (χ0v) is 12.3. The first-order valence-electron chi connectivity index (χ1n) is 6.41. The second-order valence-corrected chi connectivity index (χ2v) is 6.07. The van der Waals surface area contributed by atoms with Crippen molar-refractivity contribution in [2.45, 2.75) is 31.7 Å². The Morgan fingerprint density at radius 1 is 1.30 bits per heavy atom. The van der Waals surface area contributed by atoms with Crippen molar-refractivity contribution in [3.05, 3.63) is 35.8 Å². The minimum Gasteiger partial charge on any atom is -0.398 e. The second kappa shape index (κ2) is 5.54. The highest BCUT2D eigenvalue weighted by molar-refractivity contribution is 7.92. The van der Waals surface area contributed by atoms with Gasteiger partial charge in [0.05, 0.1) is 11.9 Å². The number of anilines is 2. The predicted octanol–water partition coefficient (Wildman–Crippen LogP) is 1.92. The third-order valence-corrected chi connectivity index (χ3v) is 4.30. The van der Waals surface area contributed by atoms with Crippen LogP contribution < -0.4 is 10.5 Å². The summed E-state index contributed by atoms with van der Waals surface area (Å²) in [7, 11) is -3.66. The number of nitrogens with two attached hydrogens (primary N) is 1. The van der Waals surface area contributed by atoms with E-state index in [-0.39, 0.29) is 5.03 Å². The molecule has 108 valence electrons. The molecule has 2 aromatic rings. The lowest BCUT2D eigenvalue weighted by Gasteiger charge is -2.09. The molecule has 0 saturated heterocycles. The molecule has 0 spiro atoms. The van der Waals surface area contributed by atoms with Gasteiger partial charge in [-0.05, 0) is 24.1 Å². The molecule has 0 radical (unpaired) electrons. The number of aromatic amines is 1. The first-order valence-corrected chi connectivity index (χ1v) is 7.89. The summed E-state index contributed by atoms with van der Waals surface area (Å²) in [6.07, 6.45) is 2.76. The zero-order chi connectivity index (χ0) is 14.8. The van der Waals surface area contributed by atoms with Crippen LogP contribution >= 0.6 is 0 Å². The minimum absolute atomic E-state index is 0.0486. The summed E-state index contributed by atoms with van der Waals surface area (Å²) in [6, 6.07) is 5.13. The number of nitrogens with one attached hydrogen (secondary N) is 2. The van der Waals surface area contributed by atoms with Crippen molar-refractivity contribution in [2.75, 3.05) is 10.5 Å². The van der Waals surface area contributed by atoms with Crippen molar-refractivity contribution in [3.8, 4) is 0 Å². The van der Waals surface area contributed by atoms with E-state index in [1.807, 2.05) is 19.9 Å². The number of sulfonamides is 1. The molecule has 0 aliphatic heterocycles. The van der Waals surface area contributed by atoms with E-state index in [2.05, 4.69) is 14.7 Å². The van der Waals surface area contributed by atoms with Crippen molar-refractivity contribution < 1.29 is 8.42 Å². The summed E-state index contributed by atoms with van der Waals surface area (Å²) < 4.78 is 26.8. The highest BCUT2D eigenvalue weighted by atomic mass is 32.2. The molecule has 1 aromatic carbocycles. The third-order valence-electron chi connectivity index (χ3n) is 3.01. The molecular formula is C13H18N4O2S. The van der Waals surface area contributed by atoms with Crippen LogP contribution in [-0.4, -0.2) is 18.4 Å². The molecule has 1 heterocycles. The van der Waals surface area contributed by atoms with E-state index < -0.39 is 10.0 Å². The van der Waals surface area contributed by atoms with Gasteiger partial charge in [0.1, 0.15) is 5.82 Å². The van der Waals surface area contributed by atoms with Gasteiger partial charge >= 0.3 is 0 Å². The van der Waals surface area contributed by atoms with E-state index in [9.17, 15) is 8.42 Å². The Balaban J connectivity index is 2.26. The predicted molar refractivity (Wildman–Crippen MR) is 79.0 cm³/mol. The van der Waals surface area contributed by atoms with E-state index in [0.717, 1.165) is 12.0 Å². The van der Waals surface area contributed by atoms with Crippen molar-refractivity contribution in [1.82, 2.24) is 9.97 Å². The number of benzene rings is 1. The van der Waals surface area contributed by atoms with Crippen LogP contribution in [0.5, 0.6) is 0 Å². The van der Waals surface area contributed by atoms with Crippen LogP contribution in [0.15, 0.2) is 29.4 Å². The van der Waals surface area contributed by atoms with Crippen molar-refractivity contribution in [3.63, 3.8) is 0 Å². The maximum atomic E-state index is 12.2. The maximum Gasteiger partial charge on any atom is 0.278 e. The van der Waals surface area contributed by atoms with Gasteiger partial charge in [0.25, 0.3) is 10.0 Å². The number of imidazole rings is 1. The Morgan fingerprint density at radius 2 is 2.05 bits per heavy atom. The Morgan fingerprint density at radius 3 is 2.60 bits per heavy atom. The lowest BCUT2D eigenvalue weighted by molar-refractivity contribution is 0.598. The number of aromatic nitrogens is 2. The fourth-order valence-corrected chi connectivity index (χ4v) is 2.84. The number of H-pyrrole nitrogens is 1. The normalized spacial score (nSPS) is 11.5. The summed E-state index contributed by atoms with van der Waals surface area (Å²) in [5.74, 6) is 0.631. The summed E-state index contributed by atoms with van der Waals surface area (Å²) in [4.78, 5) is 6.76. The average Bonchev–Trinajstić information content (AvgIpc) is 2.88. The second-order valence-electron chi connectivity index (χ2n) is 4.42. The molecule has 7 heteroatoms. The zero-order valence-electron chi connectivity index (χ0n) is 11.5. The highest BCUT2D eigenvalue weighted by Crippen LogP contribution is 2.21. The van der Waals surface area contributed by atoms with E-state index in [1.54, 1.807) is 12.1 Å². The SMILES string of the molecule is CCc1ncc(S(=O)(=O)Nc2ccc(CC)c(N)c2)[nH]1. The number of hydrogen-bond donors (Lipinski definition) is 3. The molecule has 1 aromatic heterocycles. The van der Waals surface area contributed by atoms with E-state index in [4.69, 9.17) is 5.73 Å². The molecule has 0 aliphatic carbocycles. The van der Waals surface area contributed by atoms with E-state index in [0.29, 0.717) is 23.6 Å². The number of nitrogen functional groups attached to an aromatic ring is 1. The first kappa shape index (κ1) is 14.4. The molecule has 4 N–H and O–H groups in total. The Hall–Kier alpha value is -2.02. The van der Waals surface area contributed by atoms with Gasteiger partial charge in [0, 0.05) is 12.1 Å². The van der Waals surface area contributed by atoms with Crippen LogP contribution in [0.1, 0.15) is 25.2 Å². The molecule has 2 rings (SSSR count). The Bertz CT molecular complexity index is 707. The maximum absolute atomic E-state index is 12.2. The minimum atomic E-state index is -3.66. The monoisotopic (exact) mass is 294 g/mol. The molecule has 0 saturated carbocycles. The van der Waals surface area contributed by atoms with E-state index in [1.165, 1.54) is 6.20 Å². The fraction of sp³-hybridized carbons (Fsp3) is 0.308. The lowest BCUT2D eigenvalue weighted by atomic mass is 10.1. The molecule has 6 nitrogen and oxygen atoms in total. The largest absolute Gasteiger partial charge is 0.398 e. The molecule has 20 heavy (non-hydrogen) atoms. The van der Waals surface area contributed by atoms with Gasteiger partial charge in [-0.2, -0.15) is 8.42 Å². The lowest BCUT2D eigenvalue weighted by Crippen LogP contribution is -2.13. The van der Waals surface area contributed by atoms with Crippen LogP contribution in [0.2, 0.25) is 0 Å². The third kappa shape index (κ3) is 2.93. The highest BCUT2D eigenvalue weighted by Gasteiger charge is 2.17. The summed E-state index contributed by atoms with van der Waals surface area (Å²) >= 11 is 0. The molecule has 0 unspecified atom stereocenters. The van der Waals surface area contributed by atoms with Crippen LogP contribution in [0.4, 0.5) is 11.4 Å². The molecular weight excluding hydrogens is 276 g/mol. The fourth-order valence-electron chi connectivity index (χ4n) is 1.85. The van der Waals surface area contributed by atoms with E-state index >= 15 is 0 Å². The van der Waals surface area contributed by atoms with Gasteiger partial charge in [-0.3, -0.25) is 4.72 Å². The van der Waals surface area contributed by atoms with Gasteiger partial charge in [-0.25, -0.2) is 4.98 Å². The Labute approximate surface area is 118 Å². The molecule has 0 fully saturated rings. The standard InChI is InChI=1S/C13H18N4O2S/c1-3-9-5-6-10(7-11(9)14)17-20(18,19)13-8-15-12(4-2)16-13/h5-8,17H,3-4,14H2,1-2H3,(H,15,16). The molecule has 0 aliphatic rings.